The highest BCUT2D eigenvalue weighted by atomic mass is 35.5. The predicted molar refractivity (Wildman–Crippen MR) is 90.1 cm³/mol. The molecule has 0 saturated heterocycles. The molecule has 2 aromatic rings. The summed E-state index contributed by atoms with van der Waals surface area (Å²) in [6.07, 6.45) is 1.88. The van der Waals surface area contributed by atoms with Gasteiger partial charge in [-0.05, 0) is 43.2 Å². The number of benzene rings is 1. The molecule has 0 unspecified atom stereocenters. The average Bonchev–Trinajstić information content (AvgIpc) is 2.48. The molecule has 1 aliphatic heterocycles. The minimum Gasteiger partial charge on any atom is -0.308 e. The molecule has 112 valence electrons. The van der Waals surface area contributed by atoms with Crippen molar-refractivity contribution in [1.29, 1.82) is 0 Å². The topological polar surface area (TPSA) is 49.8 Å². The van der Waals surface area contributed by atoms with Crippen LogP contribution in [-0.2, 0) is 0 Å². The van der Waals surface area contributed by atoms with Crippen LogP contribution in [0.5, 0.6) is 0 Å². The maximum absolute atomic E-state index is 5.99. The number of hydrogen-bond donors (Lipinski definition) is 2. The fourth-order valence-corrected chi connectivity index (χ4v) is 2.77. The highest BCUT2D eigenvalue weighted by Gasteiger charge is 2.20. The van der Waals surface area contributed by atoms with E-state index in [1.165, 1.54) is 0 Å². The minimum absolute atomic E-state index is 0.387. The molecule has 4 nitrogen and oxygen atoms in total. The molecule has 22 heavy (non-hydrogen) atoms. The number of aromatic nitrogens is 2. The standard InChI is InChI=1S/C16H14Cl2N4/c1-9-7-14(18)21-22-16(9)13-8-19-20-10(2)15(13)11-3-5-12(17)6-4-11/h3-8,19-20H,1-2H3. The Labute approximate surface area is 138 Å². The molecule has 6 heteroatoms. The number of allylic oxidation sites excluding steroid dienone is 3. The molecular weight excluding hydrogens is 319 g/mol. The van der Waals surface area contributed by atoms with E-state index in [1.807, 2.05) is 50.4 Å². The Bertz CT molecular complexity index is 779. The van der Waals surface area contributed by atoms with Crippen LogP contribution in [-0.4, -0.2) is 10.2 Å². The van der Waals surface area contributed by atoms with E-state index in [0.29, 0.717) is 10.2 Å². The lowest BCUT2D eigenvalue weighted by molar-refractivity contribution is 0.725. The summed E-state index contributed by atoms with van der Waals surface area (Å²) >= 11 is 11.9. The Balaban J connectivity index is 2.13. The molecule has 0 bridgehead atoms. The summed E-state index contributed by atoms with van der Waals surface area (Å²) in [6, 6.07) is 9.53. The third kappa shape index (κ3) is 2.80. The molecule has 1 aromatic heterocycles. The predicted octanol–water partition coefficient (Wildman–Crippen LogP) is 3.97. The van der Waals surface area contributed by atoms with E-state index in [2.05, 4.69) is 21.0 Å². The maximum atomic E-state index is 5.99. The molecule has 0 radical (unpaired) electrons. The molecule has 0 atom stereocenters. The highest BCUT2D eigenvalue weighted by molar-refractivity contribution is 6.30. The smallest absolute Gasteiger partial charge is 0.152 e. The minimum atomic E-state index is 0.387. The van der Waals surface area contributed by atoms with Crippen LogP contribution in [0.1, 0.15) is 23.7 Å². The quantitative estimate of drug-likeness (QED) is 0.873. The number of nitrogens with one attached hydrogen (secondary N) is 2. The van der Waals surface area contributed by atoms with Crippen molar-refractivity contribution in [3.63, 3.8) is 0 Å². The van der Waals surface area contributed by atoms with Gasteiger partial charge < -0.3 is 10.9 Å². The van der Waals surface area contributed by atoms with Gasteiger partial charge in [0.25, 0.3) is 0 Å². The first-order valence-electron chi connectivity index (χ1n) is 6.75. The summed E-state index contributed by atoms with van der Waals surface area (Å²) in [5.41, 5.74) is 12.0. The first-order chi connectivity index (χ1) is 10.6. The van der Waals surface area contributed by atoms with E-state index in [-0.39, 0.29) is 0 Å². The number of aryl methyl sites for hydroxylation is 1. The summed E-state index contributed by atoms with van der Waals surface area (Å²) in [5.74, 6) is 0. The molecule has 2 heterocycles. The Kier molecular flexibility index (Phi) is 4.05. The van der Waals surface area contributed by atoms with Crippen LogP contribution in [0.15, 0.2) is 42.2 Å². The van der Waals surface area contributed by atoms with Gasteiger partial charge in [-0.25, -0.2) is 0 Å². The van der Waals surface area contributed by atoms with Crippen LogP contribution >= 0.6 is 23.2 Å². The Morgan fingerprint density at radius 3 is 2.41 bits per heavy atom. The number of nitrogens with zero attached hydrogens (tertiary/aromatic N) is 2. The van der Waals surface area contributed by atoms with Crippen molar-refractivity contribution in [2.24, 2.45) is 0 Å². The zero-order valence-electron chi connectivity index (χ0n) is 12.1. The summed E-state index contributed by atoms with van der Waals surface area (Å²) < 4.78 is 0. The normalized spacial score (nSPS) is 14.3. The second kappa shape index (κ2) is 5.99. The molecule has 0 saturated carbocycles. The van der Waals surface area contributed by atoms with Crippen molar-refractivity contribution < 1.29 is 0 Å². The largest absolute Gasteiger partial charge is 0.308 e. The van der Waals surface area contributed by atoms with Gasteiger partial charge in [0.1, 0.15) is 0 Å². The van der Waals surface area contributed by atoms with Crippen LogP contribution in [0.25, 0.3) is 11.1 Å². The molecular formula is C16H14Cl2N4. The van der Waals surface area contributed by atoms with Crippen molar-refractivity contribution in [1.82, 2.24) is 21.0 Å². The Morgan fingerprint density at radius 1 is 1.00 bits per heavy atom. The summed E-state index contributed by atoms with van der Waals surface area (Å²) in [7, 11) is 0. The van der Waals surface area contributed by atoms with E-state index < -0.39 is 0 Å². The SMILES string of the molecule is CC1=C(c2ccc(Cl)cc2)C(c2nnc(Cl)cc2C)=CNN1. The van der Waals surface area contributed by atoms with Crippen molar-refractivity contribution in [3.8, 4) is 0 Å². The molecule has 1 aliphatic rings. The highest BCUT2D eigenvalue weighted by Crippen LogP contribution is 2.35. The molecule has 0 fully saturated rings. The first kappa shape index (κ1) is 14.9. The van der Waals surface area contributed by atoms with Crippen molar-refractivity contribution >= 4 is 34.3 Å². The van der Waals surface area contributed by atoms with Crippen molar-refractivity contribution in [2.45, 2.75) is 13.8 Å². The molecule has 3 rings (SSSR count). The zero-order valence-corrected chi connectivity index (χ0v) is 13.6. The van der Waals surface area contributed by atoms with Gasteiger partial charge in [0.15, 0.2) is 5.15 Å². The van der Waals surface area contributed by atoms with Gasteiger partial charge in [0, 0.05) is 28.1 Å². The molecule has 0 spiro atoms. The van der Waals surface area contributed by atoms with Crippen LogP contribution in [0.2, 0.25) is 10.2 Å². The van der Waals surface area contributed by atoms with Gasteiger partial charge in [0.2, 0.25) is 0 Å². The molecule has 2 N–H and O–H groups in total. The van der Waals surface area contributed by atoms with E-state index in [0.717, 1.165) is 33.7 Å². The third-order valence-corrected chi connectivity index (χ3v) is 3.90. The summed E-state index contributed by atoms with van der Waals surface area (Å²) in [5, 5.41) is 9.31. The molecule has 0 amide bonds. The fourth-order valence-electron chi connectivity index (χ4n) is 2.45. The van der Waals surface area contributed by atoms with E-state index in [1.54, 1.807) is 0 Å². The van der Waals surface area contributed by atoms with Gasteiger partial charge >= 0.3 is 0 Å². The van der Waals surface area contributed by atoms with Gasteiger partial charge in [0.05, 0.1) is 5.69 Å². The van der Waals surface area contributed by atoms with E-state index in [9.17, 15) is 0 Å². The Hall–Kier alpha value is -2.04. The second-order valence-electron chi connectivity index (χ2n) is 5.03. The lowest BCUT2D eigenvalue weighted by Crippen LogP contribution is -2.30. The van der Waals surface area contributed by atoms with E-state index in [4.69, 9.17) is 23.2 Å². The van der Waals surface area contributed by atoms with Crippen LogP contribution in [0, 0.1) is 6.92 Å². The second-order valence-corrected chi connectivity index (χ2v) is 5.86. The number of halogens is 2. The average molecular weight is 333 g/mol. The molecule has 0 aliphatic carbocycles. The summed E-state index contributed by atoms with van der Waals surface area (Å²) in [4.78, 5) is 0. The number of hydrogen-bond acceptors (Lipinski definition) is 4. The lowest BCUT2D eigenvalue weighted by Gasteiger charge is -2.23. The Morgan fingerprint density at radius 2 is 1.73 bits per heavy atom. The maximum Gasteiger partial charge on any atom is 0.152 e. The number of hydrazine groups is 1. The number of rotatable bonds is 2. The summed E-state index contributed by atoms with van der Waals surface area (Å²) in [6.45, 7) is 3.97. The van der Waals surface area contributed by atoms with Gasteiger partial charge in [-0.15, -0.1) is 10.2 Å². The third-order valence-electron chi connectivity index (χ3n) is 3.46. The van der Waals surface area contributed by atoms with Crippen LogP contribution in [0.3, 0.4) is 0 Å². The van der Waals surface area contributed by atoms with Crippen LogP contribution < -0.4 is 10.9 Å². The van der Waals surface area contributed by atoms with Gasteiger partial charge in [-0.2, -0.15) is 0 Å². The van der Waals surface area contributed by atoms with E-state index >= 15 is 0 Å². The first-order valence-corrected chi connectivity index (χ1v) is 7.51. The molecule has 1 aromatic carbocycles. The van der Waals surface area contributed by atoms with Crippen molar-refractivity contribution in [3.05, 3.63) is 69.2 Å². The van der Waals surface area contributed by atoms with Gasteiger partial charge in [-0.3, -0.25) is 0 Å². The van der Waals surface area contributed by atoms with Gasteiger partial charge in [-0.1, -0.05) is 35.3 Å². The lowest BCUT2D eigenvalue weighted by atomic mass is 9.92. The fraction of sp³-hybridized carbons (Fsp3) is 0.125. The van der Waals surface area contributed by atoms with Crippen LogP contribution in [0.4, 0.5) is 0 Å². The zero-order chi connectivity index (χ0) is 15.7. The monoisotopic (exact) mass is 332 g/mol. The van der Waals surface area contributed by atoms with Crippen molar-refractivity contribution in [2.75, 3.05) is 0 Å².